The van der Waals surface area contributed by atoms with Crippen LogP contribution in [0.15, 0.2) is 40.6 Å². The zero-order valence-electron chi connectivity index (χ0n) is 16.5. The van der Waals surface area contributed by atoms with Gasteiger partial charge in [0.05, 0.1) is 13.2 Å². The van der Waals surface area contributed by atoms with E-state index in [1.54, 1.807) is 17.4 Å². The summed E-state index contributed by atoms with van der Waals surface area (Å²) in [6.07, 6.45) is 1.66. The van der Waals surface area contributed by atoms with E-state index in [1.165, 1.54) is 19.2 Å². The van der Waals surface area contributed by atoms with E-state index in [4.69, 9.17) is 4.74 Å². The molecule has 152 valence electrons. The van der Waals surface area contributed by atoms with Gasteiger partial charge in [-0.2, -0.15) is 0 Å². The normalized spacial score (nSPS) is 15.9. The van der Waals surface area contributed by atoms with Crippen LogP contribution < -0.4 is 14.8 Å². The number of carbonyl (C=O) groups is 1. The number of hydrogen-bond donors (Lipinski definition) is 2. The lowest BCUT2D eigenvalue weighted by Gasteiger charge is -2.31. The fourth-order valence-corrected chi connectivity index (χ4v) is 5.42. The summed E-state index contributed by atoms with van der Waals surface area (Å²) in [5.74, 6) is -0.103. The minimum Gasteiger partial charge on any atom is -0.495 e. The van der Waals surface area contributed by atoms with Gasteiger partial charge in [-0.15, -0.1) is 11.3 Å². The van der Waals surface area contributed by atoms with Gasteiger partial charge in [-0.3, -0.25) is 4.79 Å². The molecule has 0 aliphatic heterocycles. The molecule has 1 aliphatic carbocycles. The molecule has 0 bridgehead atoms. The van der Waals surface area contributed by atoms with E-state index in [2.05, 4.69) is 30.8 Å². The van der Waals surface area contributed by atoms with Crippen LogP contribution in [0.2, 0.25) is 0 Å². The van der Waals surface area contributed by atoms with Crippen LogP contribution in [-0.4, -0.2) is 27.5 Å². The fourth-order valence-electron chi connectivity index (χ4n) is 2.90. The zero-order chi connectivity index (χ0) is 20.5. The summed E-state index contributed by atoms with van der Waals surface area (Å²) in [6, 6.07) is 8.21. The molecular formula is C20H26N2O4S2. The van der Waals surface area contributed by atoms with Gasteiger partial charge in [0.2, 0.25) is 10.0 Å². The first-order valence-electron chi connectivity index (χ1n) is 9.16. The minimum atomic E-state index is -3.75. The molecule has 0 radical (unpaired) electrons. The molecule has 8 heteroatoms. The van der Waals surface area contributed by atoms with E-state index in [0.717, 1.165) is 17.7 Å². The van der Waals surface area contributed by atoms with Crippen LogP contribution in [0.5, 0.6) is 5.75 Å². The Kier molecular flexibility index (Phi) is 5.84. The number of hydrogen-bond acceptors (Lipinski definition) is 5. The molecule has 28 heavy (non-hydrogen) atoms. The van der Waals surface area contributed by atoms with Gasteiger partial charge in [0.15, 0.2) is 0 Å². The molecule has 0 spiro atoms. The van der Waals surface area contributed by atoms with Gasteiger partial charge in [-0.1, -0.05) is 26.8 Å². The lowest BCUT2D eigenvalue weighted by molar-refractivity contribution is 0.0903. The number of sulfonamides is 1. The van der Waals surface area contributed by atoms with E-state index < -0.39 is 10.0 Å². The Hall–Kier alpha value is -1.90. The van der Waals surface area contributed by atoms with Crippen LogP contribution in [0.25, 0.3) is 0 Å². The predicted octanol–water partition coefficient (Wildman–Crippen LogP) is 3.71. The van der Waals surface area contributed by atoms with Crippen LogP contribution in [0, 0.1) is 5.41 Å². The number of methoxy groups -OCH3 is 1. The second kappa shape index (κ2) is 7.85. The Labute approximate surface area is 170 Å². The molecule has 1 aliphatic rings. The van der Waals surface area contributed by atoms with Crippen LogP contribution in [0.1, 0.15) is 54.9 Å². The average molecular weight is 423 g/mol. The fraction of sp³-hybridized carbons (Fsp3) is 0.450. The Balaban J connectivity index is 1.90. The molecule has 1 heterocycles. The molecule has 1 aromatic carbocycles. The van der Waals surface area contributed by atoms with Gasteiger partial charge in [-0.25, -0.2) is 13.1 Å². The second-order valence-corrected chi connectivity index (χ2v) is 10.7. The summed E-state index contributed by atoms with van der Waals surface area (Å²) >= 11 is 1.58. The Morgan fingerprint density at radius 3 is 2.50 bits per heavy atom. The van der Waals surface area contributed by atoms with Crippen molar-refractivity contribution < 1.29 is 17.9 Å². The number of ether oxygens (including phenoxy) is 1. The van der Waals surface area contributed by atoms with Gasteiger partial charge in [-0.05, 0) is 47.9 Å². The number of thiophene rings is 1. The molecule has 1 atom stereocenters. The largest absolute Gasteiger partial charge is 0.495 e. The highest BCUT2D eigenvalue weighted by Gasteiger charge is 2.32. The van der Waals surface area contributed by atoms with Crippen LogP contribution in [-0.2, 0) is 10.0 Å². The summed E-state index contributed by atoms with van der Waals surface area (Å²) in [6.45, 7) is 6.17. The number of amides is 1. The molecular weight excluding hydrogens is 396 g/mol. The summed E-state index contributed by atoms with van der Waals surface area (Å²) in [5.41, 5.74) is 0.0814. The lowest BCUT2D eigenvalue weighted by atomic mass is 9.85. The Bertz CT molecular complexity index is 943. The number of carbonyl (C=O) groups excluding carboxylic acids is 1. The van der Waals surface area contributed by atoms with Crippen molar-refractivity contribution in [1.82, 2.24) is 10.0 Å². The van der Waals surface area contributed by atoms with Crippen molar-refractivity contribution in [1.29, 1.82) is 0 Å². The molecule has 2 aromatic rings. The quantitative estimate of drug-likeness (QED) is 0.712. The molecule has 1 fully saturated rings. The third-order valence-electron chi connectivity index (χ3n) is 4.58. The topological polar surface area (TPSA) is 84.5 Å². The highest BCUT2D eigenvalue weighted by molar-refractivity contribution is 7.89. The Morgan fingerprint density at radius 1 is 1.25 bits per heavy atom. The van der Waals surface area contributed by atoms with Gasteiger partial charge in [0.25, 0.3) is 5.91 Å². The summed E-state index contributed by atoms with van der Waals surface area (Å²) in [5, 5.41) is 5.03. The maximum absolute atomic E-state index is 12.9. The maximum Gasteiger partial charge on any atom is 0.251 e. The van der Waals surface area contributed by atoms with Crippen molar-refractivity contribution in [3.63, 3.8) is 0 Å². The van der Waals surface area contributed by atoms with Crippen LogP contribution in [0.4, 0.5) is 0 Å². The highest BCUT2D eigenvalue weighted by atomic mass is 32.2. The number of benzene rings is 1. The molecule has 1 amide bonds. The summed E-state index contributed by atoms with van der Waals surface area (Å²) in [4.78, 5) is 14.0. The van der Waals surface area contributed by atoms with Crippen molar-refractivity contribution >= 4 is 27.3 Å². The van der Waals surface area contributed by atoms with Crippen molar-refractivity contribution in [2.75, 3.05) is 7.11 Å². The van der Waals surface area contributed by atoms with Crippen molar-refractivity contribution in [3.05, 3.63) is 46.2 Å². The van der Waals surface area contributed by atoms with E-state index >= 15 is 0 Å². The third-order valence-corrected chi connectivity index (χ3v) is 7.06. The molecule has 1 saturated carbocycles. The van der Waals surface area contributed by atoms with Crippen LogP contribution >= 0.6 is 11.3 Å². The smallest absolute Gasteiger partial charge is 0.251 e. The standard InChI is InChI=1S/C20H26N2O4S2/c1-20(2,3)18(16-6-5-11-27-16)21-19(23)13-7-10-15(26-4)17(12-13)28(24,25)22-14-8-9-14/h5-7,10-12,14,18,22H,8-9H2,1-4H3,(H,21,23). The zero-order valence-corrected chi connectivity index (χ0v) is 18.1. The van der Waals surface area contributed by atoms with E-state index in [9.17, 15) is 13.2 Å². The minimum absolute atomic E-state index is 0.0158. The summed E-state index contributed by atoms with van der Waals surface area (Å²) < 4.78 is 33.2. The first kappa shape index (κ1) is 20.8. The van der Waals surface area contributed by atoms with E-state index in [1.807, 2.05) is 17.5 Å². The number of nitrogens with one attached hydrogen (secondary N) is 2. The van der Waals surface area contributed by atoms with Crippen molar-refractivity contribution in [3.8, 4) is 5.75 Å². The average Bonchev–Trinajstić information content (AvgIpc) is 3.26. The molecule has 1 unspecified atom stereocenters. The monoisotopic (exact) mass is 422 g/mol. The van der Waals surface area contributed by atoms with Gasteiger partial charge >= 0.3 is 0 Å². The van der Waals surface area contributed by atoms with Crippen molar-refractivity contribution in [2.45, 2.75) is 50.6 Å². The molecule has 6 nitrogen and oxygen atoms in total. The third kappa shape index (κ3) is 4.74. The molecule has 2 N–H and O–H groups in total. The lowest BCUT2D eigenvalue weighted by Crippen LogP contribution is -2.36. The van der Waals surface area contributed by atoms with Crippen LogP contribution in [0.3, 0.4) is 0 Å². The van der Waals surface area contributed by atoms with E-state index in [-0.39, 0.29) is 39.6 Å². The Morgan fingerprint density at radius 2 is 1.96 bits per heavy atom. The number of rotatable bonds is 7. The van der Waals surface area contributed by atoms with E-state index in [0.29, 0.717) is 0 Å². The van der Waals surface area contributed by atoms with Gasteiger partial charge in [0.1, 0.15) is 10.6 Å². The molecule has 1 aromatic heterocycles. The molecule has 3 rings (SSSR count). The predicted molar refractivity (Wildman–Crippen MR) is 110 cm³/mol. The van der Waals surface area contributed by atoms with Gasteiger partial charge in [0, 0.05) is 16.5 Å². The van der Waals surface area contributed by atoms with Crippen molar-refractivity contribution in [2.24, 2.45) is 5.41 Å². The first-order valence-corrected chi connectivity index (χ1v) is 11.5. The first-order chi connectivity index (χ1) is 13.1. The summed E-state index contributed by atoms with van der Waals surface area (Å²) in [7, 11) is -2.33. The SMILES string of the molecule is COc1ccc(C(=O)NC(c2cccs2)C(C)(C)C)cc1S(=O)(=O)NC1CC1. The molecule has 0 saturated heterocycles. The van der Waals surface area contributed by atoms with Gasteiger partial charge < -0.3 is 10.1 Å². The highest BCUT2D eigenvalue weighted by Crippen LogP contribution is 2.35. The maximum atomic E-state index is 12.9. The second-order valence-electron chi connectivity index (χ2n) is 8.05.